The van der Waals surface area contributed by atoms with E-state index in [-0.39, 0.29) is 28.8 Å². The second kappa shape index (κ2) is 9.65. The summed E-state index contributed by atoms with van der Waals surface area (Å²) in [6, 6.07) is 5.78. The molecule has 0 spiro atoms. The average molecular weight is 526 g/mol. The number of carbonyl (C=O) groups is 2. The molecule has 0 aromatic carbocycles. The van der Waals surface area contributed by atoms with Crippen LogP contribution in [0.4, 0.5) is 10.3 Å². The summed E-state index contributed by atoms with van der Waals surface area (Å²) in [5, 5.41) is 24.0. The van der Waals surface area contributed by atoms with Gasteiger partial charge < -0.3 is 15.5 Å². The van der Waals surface area contributed by atoms with Crippen LogP contribution in [-0.4, -0.2) is 32.6 Å². The van der Waals surface area contributed by atoms with E-state index in [2.05, 4.69) is 26.6 Å². The van der Waals surface area contributed by atoms with E-state index in [1.165, 1.54) is 34.4 Å². The number of furan rings is 1. The van der Waals surface area contributed by atoms with E-state index in [0.717, 1.165) is 0 Å². The Morgan fingerprint density at radius 1 is 1.40 bits per heavy atom. The Hall–Kier alpha value is -3.47. The molecule has 1 aliphatic heterocycles. The second-order valence-corrected chi connectivity index (χ2v) is 10.9. The third kappa shape index (κ3) is 4.47. The van der Waals surface area contributed by atoms with Gasteiger partial charge in [0.05, 0.1) is 23.3 Å². The first-order valence-corrected chi connectivity index (χ1v) is 13.3. The zero-order valence-electron chi connectivity index (χ0n) is 18.5. The number of thiazole rings is 1. The molecule has 1 aliphatic carbocycles. The highest BCUT2D eigenvalue weighted by Crippen LogP contribution is 2.47. The quantitative estimate of drug-likeness (QED) is 0.453. The summed E-state index contributed by atoms with van der Waals surface area (Å²) in [6.45, 7) is 1.81. The van der Waals surface area contributed by atoms with Gasteiger partial charge in [0.25, 0.3) is 0 Å². The minimum atomic E-state index is -0.649. The Balaban J connectivity index is 1.44. The van der Waals surface area contributed by atoms with Gasteiger partial charge in [0.15, 0.2) is 15.3 Å². The van der Waals surface area contributed by atoms with E-state index in [0.29, 0.717) is 56.7 Å². The SMILES string of the molecule is Cc1ccc(C2C(C#N)=C(N)N(c3nnc(SCC(=O)Nc4nccs4)s3)C3=C2C(=O)CCC3)o1. The van der Waals surface area contributed by atoms with E-state index in [9.17, 15) is 14.9 Å². The number of ketones is 1. The van der Waals surface area contributed by atoms with Gasteiger partial charge in [-0.15, -0.1) is 21.5 Å². The van der Waals surface area contributed by atoms with Crippen molar-refractivity contribution in [2.75, 3.05) is 16.0 Å². The number of allylic oxidation sites excluding steroid dienone is 3. The van der Waals surface area contributed by atoms with Crippen LogP contribution in [0, 0.1) is 18.3 Å². The lowest BCUT2D eigenvalue weighted by Crippen LogP contribution is -2.38. The summed E-state index contributed by atoms with van der Waals surface area (Å²) in [4.78, 5) is 31.0. The number of rotatable bonds is 6. The lowest BCUT2D eigenvalue weighted by molar-refractivity contribution is -0.116. The molecule has 1 atom stereocenters. The van der Waals surface area contributed by atoms with Gasteiger partial charge in [-0.3, -0.25) is 14.5 Å². The summed E-state index contributed by atoms with van der Waals surface area (Å²) >= 11 is 3.82. The smallest absolute Gasteiger partial charge is 0.236 e. The lowest BCUT2D eigenvalue weighted by atomic mass is 9.78. The maximum atomic E-state index is 13.1. The number of nitriles is 1. The topological polar surface area (TPSA) is 151 Å². The molecule has 1 unspecified atom stereocenters. The van der Waals surface area contributed by atoms with E-state index in [1.807, 2.05) is 6.92 Å². The number of nitrogens with two attached hydrogens (primary N) is 1. The second-order valence-electron chi connectivity index (χ2n) is 7.79. The van der Waals surface area contributed by atoms with Gasteiger partial charge >= 0.3 is 0 Å². The standard InChI is InChI=1S/C22H19N7O3S3/c1-11-5-6-15(32-11)17-12(9-23)19(24)29(13-3-2-4-14(30)18(13)17)21-27-28-22(35-21)34-10-16(31)26-20-25-7-8-33-20/h5-8,17H,2-4,10,24H2,1H3,(H,25,26,31). The molecule has 4 heterocycles. The van der Waals surface area contributed by atoms with Crippen LogP contribution >= 0.6 is 34.4 Å². The van der Waals surface area contributed by atoms with Crippen molar-refractivity contribution in [2.24, 2.45) is 5.73 Å². The number of nitrogens with zero attached hydrogens (tertiary/aromatic N) is 5. The van der Waals surface area contributed by atoms with Crippen molar-refractivity contribution in [3.05, 3.63) is 57.9 Å². The van der Waals surface area contributed by atoms with Crippen molar-refractivity contribution < 1.29 is 14.0 Å². The van der Waals surface area contributed by atoms with Crippen LogP contribution in [0.15, 0.2) is 55.1 Å². The third-order valence-electron chi connectivity index (χ3n) is 5.55. The van der Waals surface area contributed by atoms with Crippen LogP contribution in [-0.2, 0) is 9.59 Å². The number of aryl methyl sites for hydroxylation is 1. The molecular formula is C22H19N7O3S3. The Bertz CT molecular complexity index is 1400. The zero-order valence-corrected chi connectivity index (χ0v) is 20.9. The van der Waals surface area contributed by atoms with Crippen LogP contribution in [0.25, 0.3) is 0 Å². The predicted molar refractivity (Wildman–Crippen MR) is 133 cm³/mol. The third-order valence-corrected chi connectivity index (χ3v) is 8.28. The molecule has 0 bridgehead atoms. The molecule has 0 saturated carbocycles. The Labute approximate surface area is 212 Å². The molecule has 2 aliphatic rings. The van der Waals surface area contributed by atoms with Gasteiger partial charge in [-0.25, -0.2) is 4.98 Å². The Morgan fingerprint density at radius 3 is 2.97 bits per heavy atom. The summed E-state index contributed by atoms with van der Waals surface area (Å²) in [7, 11) is 0. The molecule has 0 fully saturated rings. The fourth-order valence-electron chi connectivity index (χ4n) is 4.12. The van der Waals surface area contributed by atoms with Crippen molar-refractivity contribution in [1.82, 2.24) is 15.2 Å². The average Bonchev–Trinajstić information content (AvgIpc) is 3.60. The van der Waals surface area contributed by atoms with E-state index < -0.39 is 5.92 Å². The highest BCUT2D eigenvalue weighted by molar-refractivity contribution is 8.01. The summed E-state index contributed by atoms with van der Waals surface area (Å²) in [5.41, 5.74) is 7.99. The normalized spacial score (nSPS) is 18.0. The Kier molecular flexibility index (Phi) is 6.42. The molecule has 13 heteroatoms. The molecule has 3 aromatic rings. The summed E-state index contributed by atoms with van der Waals surface area (Å²) in [5.74, 6) is 0.657. The number of hydrogen-bond acceptors (Lipinski definition) is 12. The van der Waals surface area contributed by atoms with Crippen molar-refractivity contribution in [3.8, 4) is 6.07 Å². The minimum absolute atomic E-state index is 0.0338. The Morgan fingerprint density at radius 2 is 2.26 bits per heavy atom. The maximum Gasteiger partial charge on any atom is 0.236 e. The van der Waals surface area contributed by atoms with Gasteiger partial charge in [0.2, 0.25) is 11.0 Å². The molecule has 1 amide bonds. The molecule has 3 N–H and O–H groups in total. The number of aromatic nitrogens is 3. The van der Waals surface area contributed by atoms with Gasteiger partial charge in [-0.1, -0.05) is 23.1 Å². The molecule has 0 radical (unpaired) electrons. The van der Waals surface area contributed by atoms with Gasteiger partial charge in [-0.05, 0) is 31.9 Å². The number of anilines is 2. The fraction of sp³-hybridized carbons (Fsp3) is 0.273. The first kappa shape index (κ1) is 23.3. The van der Waals surface area contributed by atoms with Gasteiger partial charge in [0.1, 0.15) is 17.3 Å². The highest BCUT2D eigenvalue weighted by atomic mass is 32.2. The van der Waals surface area contributed by atoms with Crippen molar-refractivity contribution in [3.63, 3.8) is 0 Å². The largest absolute Gasteiger partial charge is 0.465 e. The minimum Gasteiger partial charge on any atom is -0.465 e. The molecule has 10 nitrogen and oxygen atoms in total. The number of thioether (sulfide) groups is 1. The van der Waals surface area contributed by atoms with Crippen LogP contribution in [0.3, 0.4) is 0 Å². The van der Waals surface area contributed by atoms with E-state index in [1.54, 1.807) is 28.6 Å². The van der Waals surface area contributed by atoms with Crippen molar-refractivity contribution in [2.45, 2.75) is 36.4 Å². The van der Waals surface area contributed by atoms with Crippen LogP contribution in [0.5, 0.6) is 0 Å². The first-order chi connectivity index (χ1) is 17.0. The summed E-state index contributed by atoms with van der Waals surface area (Å²) < 4.78 is 6.39. The first-order valence-electron chi connectivity index (χ1n) is 10.6. The summed E-state index contributed by atoms with van der Waals surface area (Å²) in [6.07, 6.45) is 3.29. The number of Topliss-reactive ketones (excluding diaryl/α,β-unsaturated/α-hetero) is 1. The predicted octanol–water partition coefficient (Wildman–Crippen LogP) is 3.93. The van der Waals surface area contributed by atoms with E-state index in [4.69, 9.17) is 10.2 Å². The molecular weight excluding hydrogens is 506 g/mol. The van der Waals surface area contributed by atoms with Crippen molar-refractivity contribution in [1.29, 1.82) is 5.26 Å². The molecule has 178 valence electrons. The van der Waals surface area contributed by atoms with Gasteiger partial charge in [-0.2, -0.15) is 5.26 Å². The molecule has 5 rings (SSSR count). The highest BCUT2D eigenvalue weighted by Gasteiger charge is 2.42. The number of nitrogens with one attached hydrogen (secondary N) is 1. The van der Waals surface area contributed by atoms with Crippen molar-refractivity contribution >= 4 is 56.4 Å². The van der Waals surface area contributed by atoms with E-state index >= 15 is 0 Å². The number of amides is 1. The molecule has 3 aromatic heterocycles. The van der Waals surface area contributed by atoms with Crippen LogP contribution < -0.4 is 16.0 Å². The fourth-order valence-corrected chi connectivity index (χ4v) is 6.34. The van der Waals surface area contributed by atoms with Gasteiger partial charge in [0, 0.05) is 29.3 Å². The monoisotopic (exact) mass is 525 g/mol. The molecule has 35 heavy (non-hydrogen) atoms. The molecule has 0 saturated heterocycles. The van der Waals surface area contributed by atoms with Crippen LogP contribution in [0.1, 0.15) is 36.7 Å². The lowest BCUT2D eigenvalue weighted by Gasteiger charge is -2.37. The maximum absolute atomic E-state index is 13.1. The number of hydrogen-bond donors (Lipinski definition) is 2. The number of carbonyl (C=O) groups excluding carboxylic acids is 2. The zero-order chi connectivity index (χ0) is 24.5. The van der Waals surface area contributed by atoms with Crippen LogP contribution in [0.2, 0.25) is 0 Å².